The summed E-state index contributed by atoms with van der Waals surface area (Å²) in [5.74, 6) is 2.56. The molecule has 0 radical (unpaired) electrons. The molecule has 0 amide bonds. The summed E-state index contributed by atoms with van der Waals surface area (Å²) in [6.07, 6.45) is 13.4. The molecule has 5 fully saturated rings. The van der Waals surface area contributed by atoms with E-state index in [-0.39, 0.29) is 17.1 Å². The fourth-order valence-electron chi connectivity index (χ4n) is 11.7. The fourth-order valence-corrected chi connectivity index (χ4v) is 11.7. The van der Waals surface area contributed by atoms with Crippen LogP contribution in [0.3, 0.4) is 0 Å². The molecule has 9 atom stereocenters. The van der Waals surface area contributed by atoms with Gasteiger partial charge in [0.25, 0.3) is 0 Å². The smallest absolute Gasteiger partial charge is 0.164 e. The Morgan fingerprint density at radius 3 is 1.74 bits per heavy atom. The Kier molecular flexibility index (Phi) is 4.63. The van der Waals surface area contributed by atoms with Crippen LogP contribution >= 0.6 is 0 Å². The molecule has 0 spiro atoms. The van der Waals surface area contributed by atoms with E-state index in [2.05, 4.69) is 41.5 Å². The van der Waals surface area contributed by atoms with E-state index in [1.807, 2.05) is 6.92 Å². The van der Waals surface area contributed by atoms with E-state index in [1.54, 1.807) is 0 Å². The zero-order valence-corrected chi connectivity index (χ0v) is 21.4. The molecule has 0 aromatic rings. The van der Waals surface area contributed by atoms with Crippen molar-refractivity contribution in [1.29, 1.82) is 0 Å². The number of carbonyl (C=O) groups is 1. The van der Waals surface area contributed by atoms with Gasteiger partial charge in [0.05, 0.1) is 0 Å². The number of carbonyl (C=O) groups excluding carboxylic acids is 1. The van der Waals surface area contributed by atoms with Crippen molar-refractivity contribution in [1.82, 2.24) is 0 Å². The SMILES string of the molecule is CC1(C)CCC[C@]2(C)[C@H]3CC[C@@H]4[C@@]5(C)CCC(=O)[C@@](C)(O)[C@@H]5CC[C@@]4(C)[C@]3(C)CC[C@@H]12. The molecule has 0 aromatic carbocycles. The lowest BCUT2D eigenvalue weighted by Crippen LogP contribution is -2.69. The highest BCUT2D eigenvalue weighted by atomic mass is 16.3. The van der Waals surface area contributed by atoms with Gasteiger partial charge < -0.3 is 5.11 Å². The molecule has 0 bridgehead atoms. The maximum absolute atomic E-state index is 12.7. The van der Waals surface area contributed by atoms with Crippen LogP contribution in [0.15, 0.2) is 0 Å². The van der Waals surface area contributed by atoms with Crippen molar-refractivity contribution < 1.29 is 9.90 Å². The van der Waals surface area contributed by atoms with Gasteiger partial charge >= 0.3 is 0 Å². The molecule has 5 aliphatic carbocycles. The molecule has 5 aliphatic rings. The first-order valence-electron chi connectivity index (χ1n) is 13.5. The van der Waals surface area contributed by atoms with E-state index in [9.17, 15) is 9.90 Å². The van der Waals surface area contributed by atoms with Gasteiger partial charge in [-0.25, -0.2) is 0 Å². The largest absolute Gasteiger partial charge is 0.382 e. The number of fused-ring (bicyclic) bond motifs is 7. The summed E-state index contributed by atoms with van der Waals surface area (Å²) < 4.78 is 0. The minimum absolute atomic E-state index is 0.0935. The third-order valence-electron chi connectivity index (χ3n) is 13.3. The first-order chi connectivity index (χ1) is 14.2. The summed E-state index contributed by atoms with van der Waals surface area (Å²) in [6.45, 7) is 17.4. The predicted octanol–water partition coefficient (Wildman–Crippen LogP) is 7.18. The molecule has 0 saturated heterocycles. The zero-order chi connectivity index (χ0) is 22.7. The lowest BCUT2D eigenvalue weighted by molar-refractivity contribution is -0.259. The quantitative estimate of drug-likeness (QED) is 0.443. The van der Waals surface area contributed by atoms with Crippen LogP contribution < -0.4 is 0 Å². The van der Waals surface area contributed by atoms with Gasteiger partial charge in [-0.1, -0.05) is 48.0 Å². The van der Waals surface area contributed by atoms with Crippen LogP contribution in [0.2, 0.25) is 0 Å². The van der Waals surface area contributed by atoms with Gasteiger partial charge in [-0.05, 0) is 110 Å². The summed E-state index contributed by atoms with van der Waals surface area (Å²) in [6, 6.07) is 0. The lowest BCUT2D eigenvalue weighted by atomic mass is 9.31. The normalized spacial score (nSPS) is 58.5. The summed E-state index contributed by atoms with van der Waals surface area (Å²) in [5.41, 5.74) is 0.654. The molecule has 2 heteroatoms. The van der Waals surface area contributed by atoms with Gasteiger partial charge in [0.15, 0.2) is 5.78 Å². The van der Waals surface area contributed by atoms with Gasteiger partial charge in [-0.3, -0.25) is 4.79 Å². The van der Waals surface area contributed by atoms with Crippen molar-refractivity contribution in [3.05, 3.63) is 0 Å². The molecule has 2 nitrogen and oxygen atoms in total. The molecule has 176 valence electrons. The van der Waals surface area contributed by atoms with E-state index in [0.717, 1.165) is 24.7 Å². The number of hydrogen-bond donors (Lipinski definition) is 1. The summed E-state index contributed by atoms with van der Waals surface area (Å²) in [4.78, 5) is 12.7. The molecule has 1 N–H and O–H groups in total. The minimum Gasteiger partial charge on any atom is -0.382 e. The Labute approximate surface area is 191 Å². The minimum atomic E-state index is -1.12. The van der Waals surface area contributed by atoms with E-state index >= 15 is 0 Å². The van der Waals surface area contributed by atoms with Crippen molar-refractivity contribution in [2.24, 2.45) is 50.7 Å². The molecule has 0 aromatic heterocycles. The van der Waals surface area contributed by atoms with Crippen molar-refractivity contribution in [3.8, 4) is 0 Å². The van der Waals surface area contributed by atoms with E-state index in [0.29, 0.717) is 34.0 Å². The van der Waals surface area contributed by atoms with Gasteiger partial charge in [0.2, 0.25) is 0 Å². The summed E-state index contributed by atoms with van der Waals surface area (Å²) in [7, 11) is 0. The second-order valence-corrected chi connectivity index (χ2v) is 14.6. The maximum Gasteiger partial charge on any atom is 0.164 e. The Bertz CT molecular complexity index is 782. The second kappa shape index (κ2) is 6.39. The Balaban J connectivity index is 1.55. The maximum atomic E-state index is 12.7. The standard InChI is InChI=1S/C29H48O2/c1-24(2)14-8-15-25(3)19(24)11-17-27(5)20(25)9-10-21-26(4)16-13-23(30)29(7,31)22(26)12-18-28(21,27)6/h19-22,31H,8-18H2,1-7H3/t19-,20+,21+,22+,25-,26+,27+,28+,29-/m0/s1. The van der Waals surface area contributed by atoms with E-state index in [4.69, 9.17) is 0 Å². The summed E-state index contributed by atoms with van der Waals surface area (Å²) in [5, 5.41) is 11.3. The van der Waals surface area contributed by atoms with Crippen LogP contribution in [0.1, 0.15) is 119 Å². The second-order valence-electron chi connectivity index (χ2n) is 14.6. The van der Waals surface area contributed by atoms with Crippen molar-refractivity contribution >= 4 is 5.78 Å². The number of hydrogen-bond acceptors (Lipinski definition) is 2. The lowest BCUT2D eigenvalue weighted by Gasteiger charge is -2.74. The molecular weight excluding hydrogens is 380 g/mol. The third kappa shape index (κ3) is 2.58. The fraction of sp³-hybridized carbons (Fsp3) is 0.966. The Hall–Kier alpha value is -0.370. The monoisotopic (exact) mass is 428 g/mol. The molecule has 5 rings (SSSR count). The number of rotatable bonds is 0. The van der Waals surface area contributed by atoms with Gasteiger partial charge in [0, 0.05) is 12.3 Å². The van der Waals surface area contributed by atoms with Crippen LogP contribution in [-0.2, 0) is 4.79 Å². The number of aliphatic hydroxyl groups is 1. The average Bonchev–Trinajstić information content (AvgIpc) is 2.65. The molecular formula is C29H48O2. The first kappa shape index (κ1) is 22.4. The van der Waals surface area contributed by atoms with Crippen LogP contribution in [0.5, 0.6) is 0 Å². The van der Waals surface area contributed by atoms with Gasteiger partial charge in [0.1, 0.15) is 5.60 Å². The van der Waals surface area contributed by atoms with Gasteiger partial charge in [-0.2, -0.15) is 0 Å². The Morgan fingerprint density at radius 1 is 0.645 bits per heavy atom. The predicted molar refractivity (Wildman–Crippen MR) is 127 cm³/mol. The van der Waals surface area contributed by atoms with Crippen molar-refractivity contribution in [2.45, 2.75) is 125 Å². The average molecular weight is 429 g/mol. The first-order valence-corrected chi connectivity index (χ1v) is 13.5. The van der Waals surface area contributed by atoms with Gasteiger partial charge in [-0.15, -0.1) is 0 Å². The molecule has 5 saturated carbocycles. The van der Waals surface area contributed by atoms with E-state index in [1.165, 1.54) is 51.4 Å². The van der Waals surface area contributed by atoms with Crippen molar-refractivity contribution in [3.63, 3.8) is 0 Å². The highest BCUT2D eigenvalue weighted by molar-refractivity contribution is 5.88. The van der Waals surface area contributed by atoms with Crippen LogP contribution in [0.4, 0.5) is 0 Å². The van der Waals surface area contributed by atoms with Crippen LogP contribution in [0, 0.1) is 50.7 Å². The summed E-state index contributed by atoms with van der Waals surface area (Å²) >= 11 is 0. The third-order valence-corrected chi connectivity index (χ3v) is 13.3. The van der Waals surface area contributed by atoms with E-state index < -0.39 is 5.60 Å². The number of ketones is 1. The topological polar surface area (TPSA) is 37.3 Å². The molecule has 31 heavy (non-hydrogen) atoms. The molecule has 0 heterocycles. The Morgan fingerprint density at radius 2 is 1.16 bits per heavy atom. The van der Waals surface area contributed by atoms with Crippen LogP contribution in [0.25, 0.3) is 0 Å². The molecule has 0 aliphatic heterocycles. The zero-order valence-electron chi connectivity index (χ0n) is 21.4. The molecule has 0 unspecified atom stereocenters. The highest BCUT2D eigenvalue weighted by Gasteiger charge is 2.71. The number of Topliss-reactive ketones (excluding diaryl/α,β-unsaturated/α-hetero) is 1. The highest BCUT2D eigenvalue weighted by Crippen LogP contribution is 2.77. The van der Waals surface area contributed by atoms with Crippen molar-refractivity contribution in [2.75, 3.05) is 0 Å². The van der Waals surface area contributed by atoms with Crippen LogP contribution in [-0.4, -0.2) is 16.5 Å².